The third-order valence-electron chi connectivity index (χ3n) is 21.1. The molecule has 0 aromatic heterocycles. The first-order valence-electron chi connectivity index (χ1n) is 36.0. The molecule has 12 heteroatoms. The summed E-state index contributed by atoms with van der Waals surface area (Å²) in [5.74, 6) is 24.2. The summed E-state index contributed by atoms with van der Waals surface area (Å²) in [7, 11) is 23.1. The van der Waals surface area contributed by atoms with E-state index in [1.807, 2.05) is 84.9 Å². The molecule has 0 saturated heterocycles. The van der Waals surface area contributed by atoms with Crippen molar-refractivity contribution in [3.63, 3.8) is 0 Å². The van der Waals surface area contributed by atoms with E-state index in [0.717, 1.165) is 112 Å². The molecule has 0 heterocycles. The van der Waals surface area contributed by atoms with Crippen molar-refractivity contribution in [3.05, 3.63) is 417 Å². The van der Waals surface area contributed by atoms with Gasteiger partial charge in [0.05, 0.1) is 14.2 Å². The zero-order valence-corrected chi connectivity index (χ0v) is 61.7. The van der Waals surface area contributed by atoms with Crippen LogP contribution in [0.4, 0.5) is 0 Å². The summed E-state index contributed by atoms with van der Waals surface area (Å²) >= 11 is 15.0. The quantitative estimate of drug-likeness (QED) is 0.0735. The Hall–Kier alpha value is -12.5. The number of halogens is 2. The smallest absolute Gasteiger partial charge is 0.127 e. The number of rotatable bonds is 11. The summed E-state index contributed by atoms with van der Waals surface area (Å²) in [6.07, 6.45) is 10.5. The van der Waals surface area contributed by atoms with Crippen LogP contribution >= 0.6 is 23.2 Å². The lowest BCUT2D eigenvalue weighted by Crippen LogP contribution is -2.38. The number of hydrogen-bond acceptors (Lipinski definition) is 4. The first-order valence-corrected chi connectivity index (χ1v) is 36.8. The van der Waals surface area contributed by atoms with Gasteiger partial charge in [0.1, 0.15) is 55.1 Å². The SMILES string of the molecule is C.C#Cc1cc(C#CC2(c3ccc(Oc4ccc(C5(C#Cc6cc(C#C)cc(OC)c6)c6ccccc6-c6ccccc65)cc4)cc3)c3ccccc3-c3ccccc32)cc(OC)c1.ClC1(c2ccc(Oc3ccc(C4(Cl)c5ccccc5-c5ccccc54)cc3)cc2)c2ccccc2-c2ccccc21.[B]B([B])B([B])[B]. The van der Waals surface area contributed by atoms with Crippen LogP contribution in [-0.2, 0) is 20.6 Å². The number of fused-ring (bicyclic) bond motifs is 12. The Bertz CT molecular complexity index is 5560. The Balaban J connectivity index is 0.000000174. The maximum Gasteiger partial charge on any atom is 0.127 e. The number of hydrogen-bond donors (Lipinski definition) is 0. The molecular formula is C99H66B6Cl2O4. The fourth-order valence-electron chi connectivity index (χ4n) is 15.9. The molecule has 4 aliphatic rings. The van der Waals surface area contributed by atoms with Gasteiger partial charge in [-0.1, -0.05) is 286 Å². The lowest BCUT2D eigenvalue weighted by atomic mass is 8.81. The van der Waals surface area contributed by atoms with E-state index in [2.05, 4.69) is 278 Å². The molecule has 14 aromatic rings. The van der Waals surface area contributed by atoms with Gasteiger partial charge in [-0.25, -0.2) is 0 Å². The molecule has 518 valence electrons. The van der Waals surface area contributed by atoms with Crippen LogP contribution in [0.1, 0.15) is 96.4 Å². The molecule has 0 amide bonds. The zero-order chi connectivity index (χ0) is 75.7. The van der Waals surface area contributed by atoms with Gasteiger partial charge < -0.3 is 18.9 Å². The van der Waals surface area contributed by atoms with Crippen molar-refractivity contribution in [2.24, 2.45) is 0 Å². The van der Waals surface area contributed by atoms with Crippen LogP contribution < -0.4 is 18.9 Å². The Morgan fingerprint density at radius 2 is 0.495 bits per heavy atom. The first-order chi connectivity index (χ1) is 53.7. The Morgan fingerprint density at radius 3 is 0.730 bits per heavy atom. The van der Waals surface area contributed by atoms with Crippen molar-refractivity contribution >= 4 is 66.9 Å². The van der Waals surface area contributed by atoms with E-state index < -0.39 is 33.3 Å². The maximum atomic E-state index is 7.48. The fraction of sp³-hybridized carbons (Fsp3) is 0.0707. The molecule has 0 saturated carbocycles. The van der Waals surface area contributed by atoms with Crippen molar-refractivity contribution in [2.45, 2.75) is 28.0 Å². The van der Waals surface area contributed by atoms with E-state index in [1.165, 1.54) is 22.3 Å². The molecular weight excluding hydrogens is 1390 g/mol. The van der Waals surface area contributed by atoms with Crippen molar-refractivity contribution < 1.29 is 18.9 Å². The highest BCUT2D eigenvalue weighted by molar-refractivity contribution is 7.76. The highest BCUT2D eigenvalue weighted by atomic mass is 35.5. The minimum absolute atomic E-state index is 0. The van der Waals surface area contributed by atoms with E-state index in [4.69, 9.17) is 85.9 Å². The third-order valence-corrected chi connectivity index (χ3v) is 22.3. The molecule has 0 aliphatic heterocycles. The molecule has 0 fully saturated rings. The summed E-state index contributed by atoms with van der Waals surface area (Å²) < 4.78 is 24.0. The lowest BCUT2D eigenvalue weighted by Gasteiger charge is -2.28. The monoisotopic (exact) mass is 1450 g/mol. The van der Waals surface area contributed by atoms with E-state index in [0.29, 0.717) is 34.1 Å². The fourth-order valence-corrected chi connectivity index (χ4v) is 16.8. The van der Waals surface area contributed by atoms with E-state index in [9.17, 15) is 0 Å². The van der Waals surface area contributed by atoms with Crippen molar-refractivity contribution in [1.29, 1.82) is 0 Å². The second kappa shape index (κ2) is 30.9. The molecule has 4 aliphatic carbocycles. The van der Waals surface area contributed by atoms with Crippen LogP contribution in [0.15, 0.2) is 328 Å². The largest absolute Gasteiger partial charge is 0.497 e. The van der Waals surface area contributed by atoms with Gasteiger partial charge in [0, 0.05) is 66.0 Å². The Kier molecular flexibility index (Phi) is 20.6. The van der Waals surface area contributed by atoms with E-state index in [-0.39, 0.29) is 7.43 Å². The molecule has 111 heavy (non-hydrogen) atoms. The highest BCUT2D eigenvalue weighted by Crippen LogP contribution is 2.58. The van der Waals surface area contributed by atoms with Crippen LogP contribution in [-0.4, -0.2) is 57.9 Å². The number of methoxy groups -OCH3 is 2. The normalized spacial score (nSPS) is 13.2. The minimum atomic E-state index is -0.761. The molecule has 14 aromatic carbocycles. The number of ether oxygens (including phenoxy) is 4. The van der Waals surface area contributed by atoms with Crippen LogP contribution in [0.25, 0.3) is 44.5 Å². The maximum absolute atomic E-state index is 7.48. The average Bonchev–Trinajstić information content (AvgIpc) is 1.58. The predicted octanol–water partition coefficient (Wildman–Crippen LogP) is 21.0. The molecule has 0 spiro atoms. The Morgan fingerprint density at radius 1 is 0.279 bits per heavy atom. The van der Waals surface area contributed by atoms with Gasteiger partial charge in [0.2, 0.25) is 0 Å². The van der Waals surface area contributed by atoms with Crippen molar-refractivity contribution in [2.75, 3.05) is 14.2 Å². The number of benzene rings is 14. The van der Waals surface area contributed by atoms with Gasteiger partial charge >= 0.3 is 0 Å². The summed E-state index contributed by atoms with van der Waals surface area (Å²) in [6, 6.07) is 112. The highest BCUT2D eigenvalue weighted by Gasteiger charge is 2.47. The molecule has 0 atom stereocenters. The van der Waals surface area contributed by atoms with Gasteiger partial charge in [-0.05, 0) is 196 Å². The van der Waals surface area contributed by atoms with Gasteiger partial charge in [-0.3, -0.25) is 0 Å². The summed E-state index contributed by atoms with van der Waals surface area (Å²) in [6.45, 7) is 0. The summed E-state index contributed by atoms with van der Waals surface area (Å²) in [5, 5.41) is 0. The van der Waals surface area contributed by atoms with Crippen LogP contribution in [0, 0.1) is 48.4 Å². The molecule has 0 unspecified atom stereocenters. The van der Waals surface area contributed by atoms with E-state index >= 15 is 0 Å². The van der Waals surface area contributed by atoms with Crippen molar-refractivity contribution in [3.8, 4) is 127 Å². The van der Waals surface area contributed by atoms with Gasteiger partial charge in [0.15, 0.2) is 0 Å². The topological polar surface area (TPSA) is 36.9 Å². The van der Waals surface area contributed by atoms with Gasteiger partial charge in [0.25, 0.3) is 0 Å². The standard InChI is InChI=1S/C60H38O3.C38H24Cl2O.CH4.B6/c1-5-41-35-43(39-49(37-41)61-3)31-33-59(55-19-11-7-15-51(55)52-16-8-12-20-56(52)59)45-23-27-47(28-24-45)63-48-29-25-46(26-30-48)60(34-32-44-36-42(6-2)38-50(40-44)62-4)57-21-13-9-17-53(57)54-18-10-14-22-58(54)60;39-37(33-13-5-1-9-29(33)30-10-2-6-14-34(30)37)25-17-21-27(22-18-25)41-28-23-19-26(20-24-28)38(40)35-15-7-3-11-31(35)32-12-4-8-16-36(32)38;;1-5(2)6(3)4/h1-2,7-30,35-40H,3-4H3;1-24H;1H4;. The van der Waals surface area contributed by atoms with Crippen LogP contribution in [0.3, 0.4) is 0 Å². The van der Waals surface area contributed by atoms with E-state index in [1.54, 1.807) is 14.2 Å². The summed E-state index contributed by atoms with van der Waals surface area (Å²) in [4.78, 5) is -1.48. The molecule has 4 nitrogen and oxygen atoms in total. The second-order valence-corrected chi connectivity index (χ2v) is 28.5. The zero-order valence-electron chi connectivity index (χ0n) is 60.2. The second-order valence-electron chi connectivity index (χ2n) is 27.3. The van der Waals surface area contributed by atoms with Crippen molar-refractivity contribution in [1.82, 2.24) is 0 Å². The van der Waals surface area contributed by atoms with Gasteiger partial charge in [-0.2, -0.15) is 0 Å². The number of terminal acetylenes is 2. The summed E-state index contributed by atoms with van der Waals surface area (Å²) in [5.41, 5.74) is 23.9. The predicted molar refractivity (Wildman–Crippen MR) is 462 cm³/mol. The minimum Gasteiger partial charge on any atom is -0.497 e. The van der Waals surface area contributed by atoms with Crippen LogP contribution in [0.2, 0.25) is 0 Å². The molecule has 18 rings (SSSR count). The Labute approximate surface area is 667 Å². The third kappa shape index (κ3) is 13.2. The average molecular weight is 1460 g/mol. The molecule has 0 bridgehead atoms. The first kappa shape index (κ1) is 74.0. The molecule has 0 N–H and O–H groups in total. The molecule has 8 radical (unpaired) electrons. The van der Waals surface area contributed by atoms with Crippen LogP contribution in [0.5, 0.6) is 34.5 Å². The number of alkyl halides is 2. The lowest BCUT2D eigenvalue weighted by molar-refractivity contribution is 0.414. The van der Waals surface area contributed by atoms with Gasteiger partial charge in [-0.15, -0.1) is 36.0 Å².